The van der Waals surface area contributed by atoms with Gasteiger partial charge in [-0.25, -0.2) is 4.79 Å². The van der Waals surface area contributed by atoms with Crippen molar-refractivity contribution >= 4 is 22.6 Å². The highest BCUT2D eigenvalue weighted by atomic mass is 35.5. The normalized spacial score (nSPS) is 11.3. The van der Waals surface area contributed by atoms with E-state index in [-0.39, 0.29) is 11.3 Å². The zero-order valence-electron chi connectivity index (χ0n) is 12.8. The summed E-state index contributed by atoms with van der Waals surface area (Å²) in [5.74, 6) is -0.0741. The summed E-state index contributed by atoms with van der Waals surface area (Å²) in [6.45, 7) is 0.631. The van der Waals surface area contributed by atoms with Gasteiger partial charge >= 0.3 is 5.63 Å². The van der Waals surface area contributed by atoms with Gasteiger partial charge in [0.25, 0.3) is 0 Å². The van der Waals surface area contributed by atoms with Gasteiger partial charge in [0.2, 0.25) is 0 Å². The number of hydrogen-bond acceptors (Lipinski definition) is 4. The van der Waals surface area contributed by atoms with E-state index in [1.807, 2.05) is 25.1 Å². The predicted molar refractivity (Wildman–Crippen MR) is 92.0 cm³/mol. The summed E-state index contributed by atoms with van der Waals surface area (Å²) < 4.78 is 5.32. The average molecular weight is 330 g/mol. The Labute approximate surface area is 138 Å². The fourth-order valence-electron chi connectivity index (χ4n) is 2.58. The molecular formula is C18H16ClNO3. The van der Waals surface area contributed by atoms with E-state index in [0.717, 1.165) is 5.56 Å². The summed E-state index contributed by atoms with van der Waals surface area (Å²) in [5, 5.41) is 11.6. The topological polar surface area (TPSA) is 53.7 Å². The lowest BCUT2D eigenvalue weighted by Gasteiger charge is -2.13. The first-order chi connectivity index (χ1) is 11.0. The Morgan fingerprint density at radius 2 is 1.91 bits per heavy atom. The molecule has 1 heterocycles. The van der Waals surface area contributed by atoms with E-state index < -0.39 is 5.63 Å². The Hall–Kier alpha value is -2.30. The van der Waals surface area contributed by atoms with E-state index in [4.69, 9.17) is 16.0 Å². The average Bonchev–Trinajstić information content (AvgIpc) is 2.50. The number of nitrogens with zero attached hydrogens (tertiary/aromatic N) is 1. The molecule has 0 aliphatic rings. The largest absolute Gasteiger partial charge is 0.506 e. The Bertz CT molecular complexity index is 931. The minimum Gasteiger partial charge on any atom is -0.506 e. The molecule has 0 fully saturated rings. The van der Waals surface area contributed by atoms with Gasteiger partial charge in [0.05, 0.1) is 5.39 Å². The lowest BCUT2D eigenvalue weighted by Crippen LogP contribution is -2.11. The molecule has 118 valence electrons. The highest BCUT2D eigenvalue weighted by Crippen LogP contribution is 2.34. The number of halogens is 1. The maximum atomic E-state index is 12.3. The quantitative estimate of drug-likeness (QED) is 0.741. The lowest BCUT2D eigenvalue weighted by atomic mass is 10.0. The summed E-state index contributed by atoms with van der Waals surface area (Å²) in [5.41, 5.74) is 1.41. The fourth-order valence-corrected chi connectivity index (χ4v) is 2.76. The van der Waals surface area contributed by atoms with Crippen LogP contribution in [0.15, 0.2) is 51.7 Å². The van der Waals surface area contributed by atoms with Crippen LogP contribution in [0.3, 0.4) is 0 Å². The van der Waals surface area contributed by atoms with Crippen LogP contribution in [0.25, 0.3) is 22.1 Å². The zero-order valence-corrected chi connectivity index (χ0v) is 13.6. The molecule has 5 heteroatoms. The molecule has 0 atom stereocenters. The Kier molecular flexibility index (Phi) is 4.11. The Morgan fingerprint density at radius 1 is 1.17 bits per heavy atom. The van der Waals surface area contributed by atoms with Crippen molar-refractivity contribution in [3.8, 4) is 16.9 Å². The highest BCUT2D eigenvalue weighted by molar-refractivity contribution is 6.31. The van der Waals surface area contributed by atoms with E-state index in [9.17, 15) is 9.90 Å². The first kappa shape index (κ1) is 15.6. The molecular weight excluding hydrogens is 314 g/mol. The Balaban J connectivity index is 2.23. The van der Waals surface area contributed by atoms with E-state index in [2.05, 4.69) is 0 Å². The van der Waals surface area contributed by atoms with Gasteiger partial charge in [-0.05, 0) is 49.5 Å². The van der Waals surface area contributed by atoms with Crippen LogP contribution in [0.1, 0.15) is 5.56 Å². The summed E-state index contributed by atoms with van der Waals surface area (Å²) in [7, 11) is 3.87. The van der Waals surface area contributed by atoms with Gasteiger partial charge < -0.3 is 14.4 Å². The third-order valence-electron chi connectivity index (χ3n) is 3.61. The molecule has 23 heavy (non-hydrogen) atoms. The van der Waals surface area contributed by atoms with Crippen LogP contribution in [0, 0.1) is 0 Å². The van der Waals surface area contributed by atoms with Crippen molar-refractivity contribution in [2.75, 3.05) is 14.1 Å². The molecule has 0 saturated carbocycles. The van der Waals surface area contributed by atoms with Crippen molar-refractivity contribution in [2.45, 2.75) is 6.54 Å². The first-order valence-corrected chi connectivity index (χ1v) is 7.53. The van der Waals surface area contributed by atoms with Crippen LogP contribution in [0.4, 0.5) is 0 Å². The van der Waals surface area contributed by atoms with Crippen LogP contribution in [0.5, 0.6) is 5.75 Å². The van der Waals surface area contributed by atoms with Crippen molar-refractivity contribution in [1.29, 1.82) is 0 Å². The number of para-hydroxylation sites is 1. The number of hydrogen-bond donors (Lipinski definition) is 1. The fraction of sp³-hybridized carbons (Fsp3) is 0.167. The van der Waals surface area contributed by atoms with Gasteiger partial charge in [0.1, 0.15) is 16.9 Å². The van der Waals surface area contributed by atoms with Gasteiger partial charge in [-0.3, -0.25) is 0 Å². The van der Waals surface area contributed by atoms with Crippen molar-refractivity contribution in [1.82, 2.24) is 4.90 Å². The number of fused-ring (bicyclic) bond motifs is 1. The third kappa shape index (κ3) is 2.96. The van der Waals surface area contributed by atoms with Crippen molar-refractivity contribution in [3.63, 3.8) is 0 Å². The smallest absolute Gasteiger partial charge is 0.347 e. The summed E-state index contributed by atoms with van der Waals surface area (Å²) in [4.78, 5) is 14.3. The molecule has 0 unspecified atom stereocenters. The van der Waals surface area contributed by atoms with E-state index in [1.165, 1.54) is 0 Å². The molecule has 3 rings (SSSR count). The summed E-state index contributed by atoms with van der Waals surface area (Å²) in [6.07, 6.45) is 0. The standard InChI is InChI=1S/C18H16ClNO3/c1-20(2)10-12-9-11(7-8-14(12)19)16-17(21)13-5-3-4-6-15(13)23-18(16)22/h3-9,21H,10H2,1-2H3. The second kappa shape index (κ2) is 6.07. The molecule has 0 aliphatic heterocycles. The van der Waals surface area contributed by atoms with Crippen LogP contribution in [-0.4, -0.2) is 24.1 Å². The van der Waals surface area contributed by atoms with Crippen LogP contribution < -0.4 is 5.63 Å². The van der Waals surface area contributed by atoms with Crippen molar-refractivity contribution in [3.05, 3.63) is 63.5 Å². The lowest BCUT2D eigenvalue weighted by molar-refractivity contribution is 0.402. The van der Waals surface area contributed by atoms with E-state index >= 15 is 0 Å². The van der Waals surface area contributed by atoms with Gasteiger partial charge in [0, 0.05) is 11.6 Å². The van der Waals surface area contributed by atoms with Crippen molar-refractivity contribution in [2.24, 2.45) is 0 Å². The molecule has 1 N–H and O–H groups in total. The van der Waals surface area contributed by atoms with Crippen LogP contribution >= 0.6 is 11.6 Å². The molecule has 4 nitrogen and oxygen atoms in total. The molecule has 0 spiro atoms. The second-order valence-electron chi connectivity index (χ2n) is 5.65. The van der Waals surface area contributed by atoms with Gasteiger partial charge in [-0.2, -0.15) is 0 Å². The number of aromatic hydroxyl groups is 1. The van der Waals surface area contributed by atoms with E-state index in [0.29, 0.717) is 28.1 Å². The molecule has 3 aromatic rings. The molecule has 0 saturated heterocycles. The van der Waals surface area contributed by atoms with Crippen molar-refractivity contribution < 1.29 is 9.52 Å². The monoisotopic (exact) mass is 329 g/mol. The maximum absolute atomic E-state index is 12.3. The van der Waals surface area contributed by atoms with E-state index in [1.54, 1.807) is 36.4 Å². The number of rotatable bonds is 3. The van der Waals surface area contributed by atoms with Crippen LogP contribution in [-0.2, 0) is 6.54 Å². The molecule has 0 amide bonds. The molecule has 0 bridgehead atoms. The third-order valence-corrected chi connectivity index (χ3v) is 3.98. The Morgan fingerprint density at radius 3 is 2.65 bits per heavy atom. The minimum atomic E-state index is -0.570. The SMILES string of the molecule is CN(C)Cc1cc(-c2c(O)c3ccccc3oc2=O)ccc1Cl. The van der Waals surface area contributed by atoms with Gasteiger partial charge in [-0.1, -0.05) is 29.8 Å². The minimum absolute atomic E-state index is 0.0741. The molecule has 0 radical (unpaired) electrons. The molecule has 1 aromatic heterocycles. The highest BCUT2D eigenvalue weighted by Gasteiger charge is 2.16. The second-order valence-corrected chi connectivity index (χ2v) is 6.06. The maximum Gasteiger partial charge on any atom is 0.347 e. The summed E-state index contributed by atoms with van der Waals surface area (Å²) in [6, 6.07) is 12.1. The molecule has 0 aliphatic carbocycles. The zero-order chi connectivity index (χ0) is 16.6. The van der Waals surface area contributed by atoms with Gasteiger partial charge in [0.15, 0.2) is 0 Å². The van der Waals surface area contributed by atoms with Gasteiger partial charge in [-0.15, -0.1) is 0 Å². The first-order valence-electron chi connectivity index (χ1n) is 7.15. The summed E-state index contributed by atoms with van der Waals surface area (Å²) >= 11 is 6.21. The molecule has 2 aromatic carbocycles. The number of benzene rings is 2. The predicted octanol–water partition coefficient (Wildman–Crippen LogP) is 3.88. The van der Waals surface area contributed by atoms with Crippen LogP contribution in [0.2, 0.25) is 5.02 Å².